The van der Waals surface area contributed by atoms with Crippen LogP contribution in [-0.4, -0.2) is 48.2 Å². The lowest BCUT2D eigenvalue weighted by Crippen LogP contribution is -2.32. The van der Waals surface area contributed by atoms with Crippen LogP contribution in [0.4, 0.5) is 0 Å². The molecule has 0 fully saturated rings. The lowest BCUT2D eigenvalue weighted by molar-refractivity contribution is -0.133. The van der Waals surface area contributed by atoms with Crippen molar-refractivity contribution in [1.29, 1.82) is 0 Å². The molecule has 0 spiro atoms. The number of nitrogens with one attached hydrogen (secondary N) is 1. The Labute approximate surface area is 93.6 Å². The number of hydrogen-bond acceptors (Lipinski definition) is 4. The molecule has 1 amide bonds. The van der Waals surface area contributed by atoms with Gasteiger partial charge in [-0.1, -0.05) is 0 Å². The third-order valence-corrected chi connectivity index (χ3v) is 2.78. The molecule has 0 saturated carbocycles. The smallest absolute Gasteiger partial charge is 0.313 e. The average molecular weight is 235 g/mol. The van der Waals surface area contributed by atoms with Gasteiger partial charge in [-0.2, -0.15) is 0 Å². The molecule has 0 aliphatic heterocycles. The molecule has 0 aliphatic carbocycles. The van der Waals surface area contributed by atoms with Gasteiger partial charge in [-0.3, -0.25) is 9.59 Å². The molecule has 6 heteroatoms. The molecule has 0 rings (SSSR count). The molecule has 1 unspecified atom stereocenters. The van der Waals surface area contributed by atoms with Gasteiger partial charge in [0.25, 0.3) is 0 Å². The summed E-state index contributed by atoms with van der Waals surface area (Å²) >= 11 is 1.11. The van der Waals surface area contributed by atoms with Crippen LogP contribution in [0.5, 0.6) is 0 Å². The molecular weight excluding hydrogens is 218 g/mol. The van der Waals surface area contributed by atoms with Crippen LogP contribution < -0.4 is 5.32 Å². The van der Waals surface area contributed by atoms with Crippen molar-refractivity contribution in [2.75, 3.05) is 26.0 Å². The van der Waals surface area contributed by atoms with Crippen molar-refractivity contribution in [1.82, 2.24) is 5.32 Å². The second-order valence-corrected chi connectivity index (χ2v) is 4.31. The summed E-state index contributed by atoms with van der Waals surface area (Å²) in [6.07, 6.45) is 0.762. The van der Waals surface area contributed by atoms with Crippen LogP contribution >= 0.6 is 11.8 Å². The van der Waals surface area contributed by atoms with E-state index in [1.165, 1.54) is 0 Å². The molecule has 0 bridgehead atoms. The largest absolute Gasteiger partial charge is 0.481 e. The number of hydrogen-bond donors (Lipinski definition) is 2. The lowest BCUT2D eigenvalue weighted by atomic mass is 10.4. The van der Waals surface area contributed by atoms with Crippen LogP contribution in [0.25, 0.3) is 0 Å². The number of carbonyl (C=O) groups is 2. The normalized spacial score (nSPS) is 12.1. The first kappa shape index (κ1) is 14.2. The highest BCUT2D eigenvalue weighted by molar-refractivity contribution is 8.01. The van der Waals surface area contributed by atoms with Crippen LogP contribution in [0.2, 0.25) is 0 Å². The average Bonchev–Trinajstić information content (AvgIpc) is 2.20. The van der Waals surface area contributed by atoms with E-state index in [2.05, 4.69) is 5.32 Å². The van der Waals surface area contributed by atoms with Crippen molar-refractivity contribution in [3.8, 4) is 0 Å². The van der Waals surface area contributed by atoms with E-state index in [9.17, 15) is 9.59 Å². The van der Waals surface area contributed by atoms with E-state index < -0.39 is 5.97 Å². The van der Waals surface area contributed by atoms with Gasteiger partial charge in [0.2, 0.25) is 5.91 Å². The summed E-state index contributed by atoms with van der Waals surface area (Å²) in [7, 11) is 1.60. The van der Waals surface area contributed by atoms with Gasteiger partial charge in [0.1, 0.15) is 0 Å². The molecule has 0 saturated heterocycles. The van der Waals surface area contributed by atoms with Gasteiger partial charge in [0.05, 0.1) is 11.0 Å². The van der Waals surface area contributed by atoms with Gasteiger partial charge in [0, 0.05) is 20.3 Å². The lowest BCUT2D eigenvalue weighted by Gasteiger charge is -2.10. The summed E-state index contributed by atoms with van der Waals surface area (Å²) in [4.78, 5) is 21.6. The van der Waals surface area contributed by atoms with Crippen molar-refractivity contribution in [3.05, 3.63) is 0 Å². The first-order valence-electron chi connectivity index (χ1n) is 4.68. The third-order valence-electron chi connectivity index (χ3n) is 1.65. The number of carboxylic acids is 1. The number of carboxylic acid groups (broad SMARTS) is 1. The van der Waals surface area contributed by atoms with Gasteiger partial charge >= 0.3 is 5.97 Å². The minimum absolute atomic E-state index is 0.0490. The topological polar surface area (TPSA) is 75.6 Å². The molecule has 0 radical (unpaired) electrons. The molecule has 0 heterocycles. The zero-order valence-corrected chi connectivity index (χ0v) is 9.80. The maximum Gasteiger partial charge on any atom is 0.313 e. The minimum Gasteiger partial charge on any atom is -0.481 e. The van der Waals surface area contributed by atoms with Crippen molar-refractivity contribution >= 4 is 23.6 Å². The van der Waals surface area contributed by atoms with E-state index >= 15 is 0 Å². The summed E-state index contributed by atoms with van der Waals surface area (Å²) in [5.41, 5.74) is 0. The summed E-state index contributed by atoms with van der Waals surface area (Å²) in [5, 5.41) is 10.8. The summed E-state index contributed by atoms with van der Waals surface area (Å²) in [6, 6.07) is 0. The number of aliphatic carboxylic acids is 1. The molecule has 88 valence electrons. The van der Waals surface area contributed by atoms with Gasteiger partial charge < -0.3 is 15.2 Å². The van der Waals surface area contributed by atoms with E-state index in [1.54, 1.807) is 14.0 Å². The Hall–Kier alpha value is -0.750. The monoisotopic (exact) mass is 235 g/mol. The van der Waals surface area contributed by atoms with Crippen molar-refractivity contribution in [2.45, 2.75) is 18.6 Å². The van der Waals surface area contributed by atoms with Crippen LogP contribution in [0.15, 0.2) is 0 Å². The Morgan fingerprint density at radius 3 is 2.73 bits per heavy atom. The number of ether oxygens (including phenoxy) is 1. The highest BCUT2D eigenvalue weighted by Crippen LogP contribution is 2.09. The van der Waals surface area contributed by atoms with E-state index in [0.717, 1.165) is 18.2 Å². The maximum atomic E-state index is 11.4. The van der Waals surface area contributed by atoms with Gasteiger partial charge in [-0.25, -0.2) is 0 Å². The van der Waals surface area contributed by atoms with Crippen LogP contribution in [0, 0.1) is 0 Å². The van der Waals surface area contributed by atoms with Gasteiger partial charge in [0.15, 0.2) is 0 Å². The molecule has 5 nitrogen and oxygen atoms in total. The first-order valence-corrected chi connectivity index (χ1v) is 5.73. The fourth-order valence-electron chi connectivity index (χ4n) is 0.844. The number of rotatable bonds is 8. The Bertz CT molecular complexity index is 210. The standard InChI is InChI=1S/C9H17NO4S/c1-7(15-6-8(11)12)9(13)10-4-3-5-14-2/h7H,3-6H2,1-2H3,(H,10,13)(H,11,12). The van der Waals surface area contributed by atoms with Gasteiger partial charge in [-0.05, 0) is 13.3 Å². The summed E-state index contributed by atoms with van der Waals surface area (Å²) < 4.78 is 4.83. The Kier molecular flexibility index (Phi) is 8.12. The molecule has 0 aliphatic rings. The first-order chi connectivity index (χ1) is 7.07. The SMILES string of the molecule is COCCCNC(=O)C(C)SCC(=O)O. The number of carbonyl (C=O) groups excluding carboxylic acids is 1. The number of methoxy groups -OCH3 is 1. The van der Waals surface area contributed by atoms with Crippen molar-refractivity contribution in [3.63, 3.8) is 0 Å². The maximum absolute atomic E-state index is 11.4. The van der Waals surface area contributed by atoms with Crippen molar-refractivity contribution in [2.24, 2.45) is 0 Å². The molecule has 0 aromatic rings. The predicted octanol–water partition coefficient (Wildman–Crippen LogP) is 0.345. The molecular formula is C9H17NO4S. The minimum atomic E-state index is -0.904. The molecule has 0 aromatic heterocycles. The van der Waals surface area contributed by atoms with Crippen LogP contribution in [0.1, 0.15) is 13.3 Å². The Morgan fingerprint density at radius 2 is 2.20 bits per heavy atom. The second kappa shape index (κ2) is 8.55. The molecule has 1 atom stereocenters. The van der Waals surface area contributed by atoms with Crippen LogP contribution in [-0.2, 0) is 14.3 Å². The van der Waals surface area contributed by atoms with Gasteiger partial charge in [-0.15, -0.1) is 11.8 Å². The second-order valence-electron chi connectivity index (χ2n) is 2.98. The van der Waals surface area contributed by atoms with E-state index in [1.807, 2.05) is 0 Å². The fourth-order valence-corrected chi connectivity index (χ4v) is 1.47. The quantitative estimate of drug-likeness (QED) is 0.594. The summed E-state index contributed by atoms with van der Waals surface area (Å²) in [6.45, 7) is 2.86. The van der Waals surface area contributed by atoms with Crippen LogP contribution in [0.3, 0.4) is 0 Å². The number of thioether (sulfide) groups is 1. The Balaban J connectivity index is 3.55. The van der Waals surface area contributed by atoms with E-state index in [0.29, 0.717) is 13.2 Å². The highest BCUT2D eigenvalue weighted by atomic mass is 32.2. The fraction of sp³-hybridized carbons (Fsp3) is 0.778. The molecule has 0 aromatic carbocycles. The highest BCUT2D eigenvalue weighted by Gasteiger charge is 2.13. The predicted molar refractivity (Wildman–Crippen MR) is 59.1 cm³/mol. The number of amides is 1. The van der Waals surface area contributed by atoms with E-state index in [-0.39, 0.29) is 16.9 Å². The van der Waals surface area contributed by atoms with E-state index in [4.69, 9.17) is 9.84 Å². The third kappa shape index (κ3) is 8.26. The Morgan fingerprint density at radius 1 is 1.53 bits per heavy atom. The van der Waals surface area contributed by atoms with Crippen molar-refractivity contribution < 1.29 is 19.4 Å². The zero-order valence-electron chi connectivity index (χ0n) is 8.99. The summed E-state index contributed by atoms with van der Waals surface area (Å²) in [5.74, 6) is -1.08. The molecule has 15 heavy (non-hydrogen) atoms. The molecule has 2 N–H and O–H groups in total. The zero-order chi connectivity index (χ0) is 11.7.